The Labute approximate surface area is 160 Å². The molecule has 5 heteroatoms. The summed E-state index contributed by atoms with van der Waals surface area (Å²) in [6, 6.07) is 16.8. The van der Waals surface area contributed by atoms with Crippen molar-refractivity contribution in [3.8, 4) is 0 Å². The fourth-order valence-corrected chi connectivity index (χ4v) is 2.82. The summed E-state index contributed by atoms with van der Waals surface area (Å²) in [4.78, 5) is 26.5. The number of hydrogen-bond donors (Lipinski definition) is 1. The van der Waals surface area contributed by atoms with Crippen LogP contribution in [0.2, 0.25) is 5.02 Å². The topological polar surface area (TPSA) is 49.4 Å². The molecule has 0 aliphatic carbocycles. The van der Waals surface area contributed by atoms with Gasteiger partial charge in [0.15, 0.2) is 0 Å². The molecule has 0 aliphatic heterocycles. The first-order valence-corrected chi connectivity index (χ1v) is 9.24. The van der Waals surface area contributed by atoms with Gasteiger partial charge in [-0.1, -0.05) is 61.0 Å². The Bertz CT molecular complexity index is 717. The smallest absolute Gasteiger partial charge is 0.242 e. The Kier molecular flexibility index (Phi) is 7.67. The van der Waals surface area contributed by atoms with Gasteiger partial charge in [-0.25, -0.2) is 0 Å². The van der Waals surface area contributed by atoms with E-state index in [1.165, 1.54) is 5.56 Å². The zero-order chi connectivity index (χ0) is 18.9. The van der Waals surface area contributed by atoms with Crippen LogP contribution in [0.25, 0.3) is 0 Å². The van der Waals surface area contributed by atoms with E-state index in [9.17, 15) is 9.59 Å². The molecule has 0 spiro atoms. The summed E-state index contributed by atoms with van der Waals surface area (Å²) in [5.74, 6) is -0.192. The van der Waals surface area contributed by atoms with Gasteiger partial charge in [-0.15, -0.1) is 0 Å². The summed E-state index contributed by atoms with van der Waals surface area (Å²) in [5.41, 5.74) is 2.11. The third kappa shape index (κ3) is 5.88. The second kappa shape index (κ2) is 9.97. The molecule has 0 saturated carbocycles. The number of carbonyl (C=O) groups excluding carboxylic acids is 2. The summed E-state index contributed by atoms with van der Waals surface area (Å²) in [5, 5.41) is 3.58. The molecule has 2 amide bonds. The monoisotopic (exact) mass is 372 g/mol. The molecule has 0 aliphatic rings. The van der Waals surface area contributed by atoms with Crippen molar-refractivity contribution in [3.05, 3.63) is 70.7 Å². The lowest BCUT2D eigenvalue weighted by atomic mass is 10.1. The number of rotatable bonds is 8. The summed E-state index contributed by atoms with van der Waals surface area (Å²) in [6.07, 6.45) is 1.12. The second-order valence-corrected chi connectivity index (χ2v) is 6.64. The summed E-state index contributed by atoms with van der Waals surface area (Å²) in [6.45, 7) is 4.50. The molecule has 2 rings (SSSR count). The number of nitrogens with one attached hydrogen (secondary N) is 1. The van der Waals surface area contributed by atoms with Crippen molar-refractivity contribution in [2.45, 2.75) is 39.3 Å². The molecule has 0 radical (unpaired) electrons. The number of benzene rings is 2. The molecule has 1 N–H and O–H groups in total. The number of halogens is 1. The molecule has 4 nitrogen and oxygen atoms in total. The lowest BCUT2D eigenvalue weighted by molar-refractivity contribution is -0.140. The quantitative estimate of drug-likeness (QED) is 0.765. The Hall–Kier alpha value is -2.33. The number of amides is 2. The predicted octanol–water partition coefficient (Wildman–Crippen LogP) is 3.83. The number of hydrogen-bond acceptors (Lipinski definition) is 2. The lowest BCUT2D eigenvalue weighted by Gasteiger charge is -2.28. The highest BCUT2D eigenvalue weighted by molar-refractivity contribution is 6.30. The van der Waals surface area contributed by atoms with Crippen LogP contribution >= 0.6 is 11.6 Å². The first-order valence-electron chi connectivity index (χ1n) is 8.86. The molecule has 2 aromatic rings. The van der Waals surface area contributed by atoms with Gasteiger partial charge in [0.2, 0.25) is 11.8 Å². The van der Waals surface area contributed by atoms with E-state index in [1.807, 2.05) is 42.5 Å². The number of carbonyl (C=O) groups is 2. The van der Waals surface area contributed by atoms with Gasteiger partial charge in [0, 0.05) is 24.5 Å². The van der Waals surface area contributed by atoms with Gasteiger partial charge in [-0.05, 0) is 36.6 Å². The Morgan fingerprint density at radius 2 is 1.69 bits per heavy atom. The Balaban J connectivity index is 1.96. The first-order chi connectivity index (χ1) is 12.5. The maximum Gasteiger partial charge on any atom is 0.242 e. The molecule has 138 valence electrons. The average molecular weight is 373 g/mol. The zero-order valence-corrected chi connectivity index (χ0v) is 16.0. The zero-order valence-electron chi connectivity index (χ0n) is 15.2. The largest absolute Gasteiger partial charge is 0.354 e. The van der Waals surface area contributed by atoms with Crippen LogP contribution in [0.1, 0.15) is 31.4 Å². The SMILES string of the molecule is CCC(=O)N(Cc1ccc(Cl)cc1)[C@@H](C)C(=O)NCCc1ccccc1. The highest BCUT2D eigenvalue weighted by atomic mass is 35.5. The summed E-state index contributed by atoms with van der Waals surface area (Å²) < 4.78 is 0. The molecule has 0 bridgehead atoms. The molecule has 2 aromatic carbocycles. The second-order valence-electron chi connectivity index (χ2n) is 6.20. The van der Waals surface area contributed by atoms with Crippen molar-refractivity contribution in [2.24, 2.45) is 0 Å². The van der Waals surface area contributed by atoms with Gasteiger partial charge in [-0.3, -0.25) is 9.59 Å². The van der Waals surface area contributed by atoms with E-state index < -0.39 is 6.04 Å². The van der Waals surface area contributed by atoms with Gasteiger partial charge < -0.3 is 10.2 Å². The fourth-order valence-electron chi connectivity index (χ4n) is 2.69. The normalized spacial score (nSPS) is 11.7. The lowest BCUT2D eigenvalue weighted by Crippen LogP contribution is -2.47. The van der Waals surface area contributed by atoms with Crippen molar-refractivity contribution >= 4 is 23.4 Å². The van der Waals surface area contributed by atoms with Gasteiger partial charge in [0.05, 0.1) is 0 Å². The molecule has 26 heavy (non-hydrogen) atoms. The van der Waals surface area contributed by atoms with Crippen molar-refractivity contribution in [1.82, 2.24) is 10.2 Å². The van der Waals surface area contributed by atoms with Gasteiger partial charge in [0.1, 0.15) is 6.04 Å². The molecule has 0 unspecified atom stereocenters. The van der Waals surface area contributed by atoms with E-state index in [0.717, 1.165) is 12.0 Å². The Morgan fingerprint density at radius 1 is 1.04 bits per heavy atom. The van der Waals surface area contributed by atoms with Crippen molar-refractivity contribution < 1.29 is 9.59 Å². The average Bonchev–Trinajstić information content (AvgIpc) is 2.67. The van der Waals surface area contributed by atoms with E-state index >= 15 is 0 Å². The van der Waals surface area contributed by atoms with Crippen LogP contribution in [0, 0.1) is 0 Å². The molecule has 0 aromatic heterocycles. The Morgan fingerprint density at radius 3 is 2.31 bits per heavy atom. The van der Waals surface area contributed by atoms with Crippen molar-refractivity contribution in [1.29, 1.82) is 0 Å². The van der Waals surface area contributed by atoms with E-state index in [-0.39, 0.29) is 11.8 Å². The predicted molar refractivity (Wildman–Crippen MR) is 105 cm³/mol. The standard InChI is InChI=1S/C21H25ClN2O2/c1-3-20(25)24(15-18-9-11-19(22)12-10-18)16(2)21(26)23-14-13-17-7-5-4-6-8-17/h4-12,16H,3,13-15H2,1-2H3,(H,23,26)/t16-/m0/s1. The fraction of sp³-hybridized carbons (Fsp3) is 0.333. The van der Waals surface area contributed by atoms with Crippen molar-refractivity contribution in [2.75, 3.05) is 6.54 Å². The minimum absolute atomic E-state index is 0.0503. The van der Waals surface area contributed by atoms with Crippen molar-refractivity contribution in [3.63, 3.8) is 0 Å². The minimum Gasteiger partial charge on any atom is -0.354 e. The van der Waals surface area contributed by atoms with Crippen LogP contribution < -0.4 is 5.32 Å². The molecule has 0 fully saturated rings. The summed E-state index contributed by atoms with van der Waals surface area (Å²) >= 11 is 5.91. The van der Waals surface area contributed by atoms with Crippen LogP contribution in [0.15, 0.2) is 54.6 Å². The molecule has 1 atom stereocenters. The third-order valence-corrected chi connectivity index (χ3v) is 4.54. The van der Waals surface area contributed by atoms with Gasteiger partial charge in [-0.2, -0.15) is 0 Å². The summed E-state index contributed by atoms with van der Waals surface area (Å²) in [7, 11) is 0. The van der Waals surface area contributed by atoms with E-state index in [1.54, 1.807) is 30.9 Å². The highest BCUT2D eigenvalue weighted by Gasteiger charge is 2.24. The molecular weight excluding hydrogens is 348 g/mol. The van der Waals surface area contributed by atoms with E-state index in [0.29, 0.717) is 24.5 Å². The van der Waals surface area contributed by atoms with Crippen LogP contribution in [0.4, 0.5) is 0 Å². The van der Waals surface area contributed by atoms with Crippen LogP contribution in [0.5, 0.6) is 0 Å². The van der Waals surface area contributed by atoms with Crippen LogP contribution in [-0.4, -0.2) is 29.3 Å². The number of nitrogens with zero attached hydrogens (tertiary/aromatic N) is 1. The minimum atomic E-state index is -0.533. The molecule has 0 saturated heterocycles. The first kappa shape index (κ1) is 20.0. The van der Waals surface area contributed by atoms with Gasteiger partial charge in [0.25, 0.3) is 0 Å². The molecule has 0 heterocycles. The maximum atomic E-state index is 12.5. The molecular formula is C21H25ClN2O2. The van der Waals surface area contributed by atoms with Gasteiger partial charge >= 0.3 is 0 Å². The highest BCUT2D eigenvalue weighted by Crippen LogP contribution is 2.14. The third-order valence-electron chi connectivity index (χ3n) is 4.29. The maximum absolute atomic E-state index is 12.5. The van der Waals surface area contributed by atoms with Crippen LogP contribution in [-0.2, 0) is 22.6 Å². The van der Waals surface area contributed by atoms with E-state index in [2.05, 4.69) is 5.32 Å². The van der Waals surface area contributed by atoms with Crippen LogP contribution in [0.3, 0.4) is 0 Å². The van der Waals surface area contributed by atoms with E-state index in [4.69, 9.17) is 11.6 Å².